The fraction of sp³-hybridized carbons (Fsp3) is 0.556. The van der Waals surface area contributed by atoms with Crippen LogP contribution in [0.15, 0.2) is 36.4 Å². The average molecular weight is 287 g/mol. The van der Waals surface area contributed by atoms with Crippen molar-refractivity contribution < 1.29 is 9.47 Å². The molecule has 21 heavy (non-hydrogen) atoms. The molecule has 2 aliphatic rings. The molecule has 1 N–H and O–H groups in total. The van der Waals surface area contributed by atoms with E-state index < -0.39 is 0 Å². The Morgan fingerprint density at radius 2 is 1.95 bits per heavy atom. The first-order chi connectivity index (χ1) is 10.3. The summed E-state index contributed by atoms with van der Waals surface area (Å²) in [6.45, 7) is 1.66. The lowest BCUT2D eigenvalue weighted by atomic mass is 9.81. The lowest BCUT2D eigenvalue weighted by Gasteiger charge is -2.41. The average Bonchev–Trinajstić information content (AvgIpc) is 2.57. The van der Waals surface area contributed by atoms with E-state index in [1.807, 2.05) is 0 Å². The number of ether oxygens (including phenoxy) is 2. The molecule has 1 fully saturated rings. The molecule has 1 aromatic carbocycles. The highest BCUT2D eigenvalue weighted by molar-refractivity contribution is 5.32. The van der Waals surface area contributed by atoms with E-state index in [-0.39, 0.29) is 5.54 Å². The first-order valence-corrected chi connectivity index (χ1v) is 7.99. The summed E-state index contributed by atoms with van der Waals surface area (Å²) >= 11 is 0. The Hall–Kier alpha value is -1.32. The van der Waals surface area contributed by atoms with Crippen LogP contribution in [0.1, 0.15) is 37.7 Å². The second-order valence-corrected chi connectivity index (χ2v) is 6.03. The van der Waals surface area contributed by atoms with Crippen LogP contribution in [0.5, 0.6) is 5.75 Å². The minimum absolute atomic E-state index is 0.0386. The molecule has 1 atom stereocenters. The Morgan fingerprint density at radius 3 is 2.57 bits per heavy atom. The van der Waals surface area contributed by atoms with E-state index in [9.17, 15) is 0 Å². The first kappa shape index (κ1) is 14.6. The van der Waals surface area contributed by atoms with Crippen LogP contribution in [0.25, 0.3) is 0 Å². The van der Waals surface area contributed by atoms with Gasteiger partial charge in [-0.2, -0.15) is 0 Å². The highest BCUT2D eigenvalue weighted by Gasteiger charge is 2.35. The van der Waals surface area contributed by atoms with Gasteiger partial charge in [-0.15, -0.1) is 0 Å². The maximum absolute atomic E-state index is 5.60. The standard InChI is InChI=1S/C18H25NO2/c1-20-17-9-7-15(8-10-17)18(11-13-21-14-12-18)19-16-5-3-2-4-6-16/h3,5,7-10,16,19H,2,4,6,11-14H2,1H3/t16-/m1/s1. The number of hydrogen-bond acceptors (Lipinski definition) is 3. The third-order valence-corrected chi connectivity index (χ3v) is 4.70. The molecule has 0 radical (unpaired) electrons. The molecule has 1 heterocycles. The highest BCUT2D eigenvalue weighted by Crippen LogP contribution is 2.34. The van der Waals surface area contributed by atoms with Crippen molar-refractivity contribution in [1.82, 2.24) is 5.32 Å². The second-order valence-electron chi connectivity index (χ2n) is 6.03. The van der Waals surface area contributed by atoms with Gasteiger partial charge < -0.3 is 14.8 Å². The lowest BCUT2D eigenvalue weighted by Crippen LogP contribution is -2.51. The van der Waals surface area contributed by atoms with Crippen LogP contribution in [0.2, 0.25) is 0 Å². The van der Waals surface area contributed by atoms with E-state index in [4.69, 9.17) is 9.47 Å². The van der Waals surface area contributed by atoms with Gasteiger partial charge in [-0.25, -0.2) is 0 Å². The first-order valence-electron chi connectivity index (χ1n) is 7.99. The quantitative estimate of drug-likeness (QED) is 0.861. The fourth-order valence-electron chi connectivity index (χ4n) is 3.43. The zero-order valence-corrected chi connectivity index (χ0v) is 12.8. The molecular weight excluding hydrogens is 262 g/mol. The Balaban J connectivity index is 1.84. The highest BCUT2D eigenvalue weighted by atomic mass is 16.5. The Labute approximate surface area is 127 Å². The summed E-state index contributed by atoms with van der Waals surface area (Å²) in [5.41, 5.74) is 1.39. The van der Waals surface area contributed by atoms with Gasteiger partial charge >= 0.3 is 0 Å². The molecule has 3 rings (SSSR count). The molecule has 1 aromatic rings. The van der Waals surface area contributed by atoms with Crippen LogP contribution < -0.4 is 10.1 Å². The van der Waals surface area contributed by atoms with Crippen LogP contribution in [0.4, 0.5) is 0 Å². The van der Waals surface area contributed by atoms with E-state index in [0.717, 1.165) is 31.8 Å². The largest absolute Gasteiger partial charge is 0.497 e. The monoisotopic (exact) mass is 287 g/mol. The predicted octanol–water partition coefficient (Wildman–Crippen LogP) is 3.40. The number of benzene rings is 1. The van der Waals surface area contributed by atoms with Gasteiger partial charge in [-0.05, 0) is 49.8 Å². The molecule has 0 aromatic heterocycles. The molecule has 0 saturated carbocycles. The summed E-state index contributed by atoms with van der Waals surface area (Å²) in [5.74, 6) is 0.915. The van der Waals surface area contributed by atoms with Gasteiger partial charge in [0, 0.05) is 24.8 Å². The number of allylic oxidation sites excluding steroid dienone is 1. The van der Waals surface area contributed by atoms with Crippen LogP contribution in [-0.2, 0) is 10.3 Å². The normalized spacial score (nSPS) is 24.7. The van der Waals surface area contributed by atoms with Crippen molar-refractivity contribution in [1.29, 1.82) is 0 Å². The Morgan fingerprint density at radius 1 is 1.19 bits per heavy atom. The van der Waals surface area contributed by atoms with Crippen molar-refractivity contribution in [3.63, 3.8) is 0 Å². The SMILES string of the molecule is COc1ccc(C2(N[C@@H]3C=CCCC3)CCOCC2)cc1. The minimum Gasteiger partial charge on any atom is -0.497 e. The molecule has 0 bridgehead atoms. The van der Waals surface area contributed by atoms with Crippen molar-refractivity contribution in [2.75, 3.05) is 20.3 Å². The van der Waals surface area contributed by atoms with Crippen molar-refractivity contribution >= 4 is 0 Å². The van der Waals surface area contributed by atoms with E-state index >= 15 is 0 Å². The Bertz CT molecular complexity index is 474. The summed E-state index contributed by atoms with van der Waals surface area (Å²) in [7, 11) is 1.71. The van der Waals surface area contributed by atoms with E-state index in [0.29, 0.717) is 6.04 Å². The van der Waals surface area contributed by atoms with Crippen molar-refractivity contribution in [2.24, 2.45) is 0 Å². The summed E-state index contributed by atoms with van der Waals surface area (Å²) in [6, 6.07) is 9.00. The number of methoxy groups -OCH3 is 1. The smallest absolute Gasteiger partial charge is 0.118 e. The summed E-state index contributed by atoms with van der Waals surface area (Å²) in [5, 5.41) is 3.92. The van der Waals surface area contributed by atoms with Gasteiger partial charge in [0.05, 0.1) is 7.11 Å². The van der Waals surface area contributed by atoms with Gasteiger partial charge in [0.25, 0.3) is 0 Å². The molecule has 0 spiro atoms. The third-order valence-electron chi connectivity index (χ3n) is 4.70. The maximum atomic E-state index is 5.60. The van der Waals surface area contributed by atoms with E-state index in [1.165, 1.54) is 24.8 Å². The molecule has 3 heteroatoms. The number of hydrogen-bond donors (Lipinski definition) is 1. The van der Waals surface area contributed by atoms with Gasteiger partial charge in [-0.1, -0.05) is 24.3 Å². The zero-order chi connectivity index (χ0) is 14.5. The molecule has 0 unspecified atom stereocenters. The van der Waals surface area contributed by atoms with Gasteiger partial charge in [0.1, 0.15) is 5.75 Å². The van der Waals surface area contributed by atoms with Gasteiger partial charge in [-0.3, -0.25) is 0 Å². The van der Waals surface area contributed by atoms with Gasteiger partial charge in [0.15, 0.2) is 0 Å². The molecular formula is C18H25NO2. The van der Waals surface area contributed by atoms with Crippen molar-refractivity contribution in [3.8, 4) is 5.75 Å². The molecule has 1 aliphatic carbocycles. The molecule has 3 nitrogen and oxygen atoms in total. The second kappa shape index (κ2) is 6.63. The molecule has 1 aliphatic heterocycles. The summed E-state index contributed by atoms with van der Waals surface area (Å²) in [6.07, 6.45) is 10.4. The van der Waals surface area contributed by atoms with Crippen molar-refractivity contribution in [2.45, 2.75) is 43.7 Å². The Kier molecular flexibility index (Phi) is 4.61. The lowest BCUT2D eigenvalue weighted by molar-refractivity contribution is 0.0330. The van der Waals surface area contributed by atoms with Gasteiger partial charge in [0.2, 0.25) is 0 Å². The van der Waals surface area contributed by atoms with Crippen LogP contribution >= 0.6 is 0 Å². The van der Waals surface area contributed by atoms with Crippen molar-refractivity contribution in [3.05, 3.63) is 42.0 Å². The fourth-order valence-corrected chi connectivity index (χ4v) is 3.43. The number of nitrogens with one attached hydrogen (secondary N) is 1. The predicted molar refractivity (Wildman–Crippen MR) is 84.6 cm³/mol. The summed E-state index contributed by atoms with van der Waals surface area (Å²) in [4.78, 5) is 0. The maximum Gasteiger partial charge on any atom is 0.118 e. The van der Waals surface area contributed by atoms with Crippen LogP contribution in [-0.4, -0.2) is 26.4 Å². The molecule has 114 valence electrons. The number of rotatable bonds is 4. The zero-order valence-electron chi connectivity index (χ0n) is 12.8. The van der Waals surface area contributed by atoms with Crippen LogP contribution in [0.3, 0.4) is 0 Å². The molecule has 1 saturated heterocycles. The minimum atomic E-state index is 0.0386. The van der Waals surface area contributed by atoms with E-state index in [2.05, 4.69) is 41.7 Å². The van der Waals surface area contributed by atoms with Crippen LogP contribution in [0, 0.1) is 0 Å². The molecule has 0 amide bonds. The topological polar surface area (TPSA) is 30.5 Å². The summed E-state index contributed by atoms with van der Waals surface area (Å²) < 4.78 is 10.9. The van der Waals surface area contributed by atoms with E-state index in [1.54, 1.807) is 7.11 Å². The third kappa shape index (κ3) is 3.30.